The third kappa shape index (κ3) is 6.44. The van der Waals surface area contributed by atoms with E-state index < -0.39 is 0 Å². The average Bonchev–Trinajstić information content (AvgIpc) is 2.29. The van der Waals surface area contributed by atoms with E-state index >= 15 is 0 Å². The van der Waals surface area contributed by atoms with Crippen LogP contribution in [0, 0.1) is 0 Å². The average molecular weight is 212 g/mol. The quantitative estimate of drug-likeness (QED) is 0.685. The summed E-state index contributed by atoms with van der Waals surface area (Å²) in [5.74, 6) is 0. The maximum Gasteiger partial charge on any atom is 0.157 e. The third-order valence-corrected chi connectivity index (χ3v) is 2.23. The number of aliphatic hydroxyl groups excluding tert-OH is 1. The van der Waals surface area contributed by atoms with Crippen molar-refractivity contribution in [3.05, 3.63) is 24.3 Å². The van der Waals surface area contributed by atoms with Gasteiger partial charge in [0.05, 0.1) is 13.2 Å². The normalized spacial score (nSPS) is 22.9. The van der Waals surface area contributed by atoms with Crippen LogP contribution in [0.4, 0.5) is 0 Å². The molecule has 15 heavy (non-hydrogen) atoms. The van der Waals surface area contributed by atoms with Crippen molar-refractivity contribution in [3.63, 3.8) is 0 Å². The Labute approximate surface area is 91.4 Å². The maximum absolute atomic E-state index is 8.49. The van der Waals surface area contributed by atoms with Crippen LogP contribution in [-0.4, -0.2) is 31.2 Å². The molecule has 0 amide bonds. The molecule has 1 atom stereocenters. The fourth-order valence-corrected chi connectivity index (χ4v) is 1.42. The molecule has 3 nitrogen and oxygen atoms in total. The molecule has 1 aliphatic heterocycles. The lowest BCUT2D eigenvalue weighted by Crippen LogP contribution is -2.22. The van der Waals surface area contributed by atoms with E-state index in [1.54, 1.807) is 6.08 Å². The first kappa shape index (κ1) is 12.4. The summed E-state index contributed by atoms with van der Waals surface area (Å²) in [6, 6.07) is 0. The van der Waals surface area contributed by atoms with Gasteiger partial charge in [0.15, 0.2) is 6.29 Å². The first-order valence-electron chi connectivity index (χ1n) is 5.57. The molecule has 0 aliphatic carbocycles. The fourth-order valence-electron chi connectivity index (χ4n) is 1.42. The first-order valence-corrected chi connectivity index (χ1v) is 5.57. The minimum atomic E-state index is -0.00335. The molecule has 0 radical (unpaired) electrons. The van der Waals surface area contributed by atoms with E-state index in [4.69, 9.17) is 14.6 Å². The summed E-state index contributed by atoms with van der Waals surface area (Å²) in [6.45, 7) is 1.55. The summed E-state index contributed by atoms with van der Waals surface area (Å²) >= 11 is 0. The highest BCUT2D eigenvalue weighted by Gasteiger charge is 2.12. The molecule has 1 aliphatic rings. The van der Waals surface area contributed by atoms with Crippen LogP contribution in [0.1, 0.15) is 25.7 Å². The van der Waals surface area contributed by atoms with Gasteiger partial charge in [-0.2, -0.15) is 0 Å². The van der Waals surface area contributed by atoms with Crippen LogP contribution in [0.2, 0.25) is 0 Å². The van der Waals surface area contributed by atoms with E-state index in [-0.39, 0.29) is 12.9 Å². The molecular formula is C12H20O3. The lowest BCUT2D eigenvalue weighted by atomic mass is 10.2. The van der Waals surface area contributed by atoms with Gasteiger partial charge in [-0.25, -0.2) is 0 Å². The van der Waals surface area contributed by atoms with E-state index in [0.29, 0.717) is 6.61 Å². The van der Waals surface area contributed by atoms with Crippen molar-refractivity contribution in [3.8, 4) is 0 Å². The van der Waals surface area contributed by atoms with Gasteiger partial charge in [0.1, 0.15) is 0 Å². The van der Waals surface area contributed by atoms with Crippen molar-refractivity contribution in [1.82, 2.24) is 0 Å². The molecule has 1 fully saturated rings. The van der Waals surface area contributed by atoms with Crippen LogP contribution < -0.4 is 0 Å². The van der Waals surface area contributed by atoms with Gasteiger partial charge in [-0.3, -0.25) is 0 Å². The van der Waals surface area contributed by atoms with Crippen molar-refractivity contribution >= 4 is 0 Å². The SMILES string of the molecule is OC/C=C/C/C=C/COC1CCCCO1. The largest absolute Gasteiger partial charge is 0.392 e. The molecule has 1 N–H and O–H groups in total. The summed E-state index contributed by atoms with van der Waals surface area (Å²) in [4.78, 5) is 0. The van der Waals surface area contributed by atoms with E-state index in [9.17, 15) is 0 Å². The molecule has 3 heteroatoms. The predicted octanol–water partition coefficient (Wildman–Crippen LogP) is 2.02. The second-order valence-corrected chi connectivity index (χ2v) is 3.49. The minimum Gasteiger partial charge on any atom is -0.392 e. The fraction of sp³-hybridized carbons (Fsp3) is 0.667. The highest BCUT2D eigenvalue weighted by molar-refractivity contribution is 4.92. The summed E-state index contributed by atoms with van der Waals surface area (Å²) in [7, 11) is 0. The number of allylic oxidation sites excluding steroid dienone is 2. The molecule has 1 rings (SSSR count). The number of hydrogen-bond acceptors (Lipinski definition) is 3. The van der Waals surface area contributed by atoms with Gasteiger partial charge in [-0.05, 0) is 25.7 Å². The van der Waals surface area contributed by atoms with Gasteiger partial charge >= 0.3 is 0 Å². The van der Waals surface area contributed by atoms with Crippen LogP contribution >= 0.6 is 0 Å². The Bertz CT molecular complexity index is 193. The molecular weight excluding hydrogens is 192 g/mol. The van der Waals surface area contributed by atoms with Gasteiger partial charge in [0, 0.05) is 6.61 Å². The van der Waals surface area contributed by atoms with Gasteiger partial charge in [0.25, 0.3) is 0 Å². The molecule has 0 spiro atoms. The van der Waals surface area contributed by atoms with Gasteiger partial charge in [-0.15, -0.1) is 0 Å². The molecule has 0 aromatic heterocycles. The zero-order valence-electron chi connectivity index (χ0n) is 9.10. The summed E-state index contributed by atoms with van der Waals surface area (Å²) < 4.78 is 10.9. The van der Waals surface area contributed by atoms with E-state index in [1.807, 2.05) is 18.2 Å². The van der Waals surface area contributed by atoms with Gasteiger partial charge in [0.2, 0.25) is 0 Å². The molecule has 0 bridgehead atoms. The van der Waals surface area contributed by atoms with Crippen molar-refractivity contribution in [2.45, 2.75) is 32.0 Å². The lowest BCUT2D eigenvalue weighted by Gasteiger charge is -2.21. The molecule has 86 valence electrons. The van der Waals surface area contributed by atoms with Crippen LogP contribution in [0.15, 0.2) is 24.3 Å². The third-order valence-electron chi connectivity index (χ3n) is 2.23. The molecule has 1 saturated heterocycles. The Morgan fingerprint density at radius 3 is 2.80 bits per heavy atom. The summed E-state index contributed by atoms with van der Waals surface area (Å²) in [5, 5.41) is 8.49. The smallest absolute Gasteiger partial charge is 0.157 e. The Morgan fingerprint density at radius 1 is 1.20 bits per heavy atom. The molecule has 1 unspecified atom stereocenters. The molecule has 0 aromatic carbocycles. The Kier molecular flexibility index (Phi) is 7.17. The van der Waals surface area contributed by atoms with Crippen molar-refractivity contribution in [2.24, 2.45) is 0 Å². The zero-order chi connectivity index (χ0) is 10.8. The van der Waals surface area contributed by atoms with Crippen molar-refractivity contribution < 1.29 is 14.6 Å². The van der Waals surface area contributed by atoms with Crippen molar-refractivity contribution in [2.75, 3.05) is 19.8 Å². The van der Waals surface area contributed by atoms with Gasteiger partial charge < -0.3 is 14.6 Å². The van der Waals surface area contributed by atoms with Crippen molar-refractivity contribution in [1.29, 1.82) is 0 Å². The van der Waals surface area contributed by atoms with Crippen LogP contribution in [0.25, 0.3) is 0 Å². The van der Waals surface area contributed by atoms with Crippen LogP contribution in [0.5, 0.6) is 0 Å². The van der Waals surface area contributed by atoms with E-state index in [0.717, 1.165) is 25.9 Å². The number of hydrogen-bond donors (Lipinski definition) is 1. The Hall–Kier alpha value is -0.640. The summed E-state index contributed by atoms with van der Waals surface area (Å²) in [6.07, 6.45) is 11.9. The maximum atomic E-state index is 8.49. The van der Waals surface area contributed by atoms with E-state index in [1.165, 1.54) is 6.42 Å². The topological polar surface area (TPSA) is 38.7 Å². The van der Waals surface area contributed by atoms with Crippen LogP contribution in [-0.2, 0) is 9.47 Å². The van der Waals surface area contributed by atoms with E-state index in [2.05, 4.69) is 0 Å². The number of rotatable bonds is 6. The Balaban J connectivity index is 1.97. The minimum absolute atomic E-state index is 0.00335. The second-order valence-electron chi connectivity index (χ2n) is 3.49. The molecule has 1 heterocycles. The molecule has 0 saturated carbocycles. The predicted molar refractivity (Wildman–Crippen MR) is 59.5 cm³/mol. The Morgan fingerprint density at radius 2 is 2.07 bits per heavy atom. The zero-order valence-corrected chi connectivity index (χ0v) is 9.10. The monoisotopic (exact) mass is 212 g/mol. The highest BCUT2D eigenvalue weighted by Crippen LogP contribution is 2.13. The highest BCUT2D eigenvalue weighted by atomic mass is 16.7. The summed E-state index contributed by atoms with van der Waals surface area (Å²) in [5.41, 5.74) is 0. The standard InChI is InChI=1S/C12H20O3/c13-9-5-2-1-3-6-10-14-12-8-4-7-11-15-12/h2-3,5-6,12-13H,1,4,7-11H2/b5-2+,6-3+. The first-order chi connectivity index (χ1) is 7.43. The number of ether oxygens (including phenoxy) is 2. The molecule has 0 aromatic rings. The van der Waals surface area contributed by atoms with Gasteiger partial charge in [-0.1, -0.05) is 24.3 Å². The number of aliphatic hydroxyl groups is 1. The second kappa shape index (κ2) is 8.65. The van der Waals surface area contributed by atoms with Crippen LogP contribution in [0.3, 0.4) is 0 Å². The lowest BCUT2D eigenvalue weighted by molar-refractivity contribution is -0.155.